The van der Waals surface area contributed by atoms with E-state index in [-0.39, 0.29) is 17.9 Å². The Morgan fingerprint density at radius 2 is 1.90 bits per heavy atom. The molecule has 1 N–H and O–H groups in total. The van der Waals surface area contributed by atoms with Crippen molar-refractivity contribution in [2.75, 3.05) is 0 Å². The third-order valence-electron chi connectivity index (χ3n) is 3.33. The standard InChI is InChI=1S/C14H13FN4O2/c1-18-14(21)13-10(6-16-18)7-17-19(13)8-12(20)9-2-4-11(15)5-3-9/h2-7,12,20H,8H2,1H3. The minimum absolute atomic E-state index is 0.106. The van der Waals surface area contributed by atoms with Crippen LogP contribution in [0.4, 0.5) is 4.39 Å². The number of aromatic nitrogens is 4. The van der Waals surface area contributed by atoms with Crippen molar-refractivity contribution in [3.05, 3.63) is 58.4 Å². The molecule has 0 amide bonds. The van der Waals surface area contributed by atoms with Crippen LogP contribution >= 0.6 is 0 Å². The maximum atomic E-state index is 12.9. The van der Waals surface area contributed by atoms with Crippen LogP contribution in [0.5, 0.6) is 0 Å². The van der Waals surface area contributed by atoms with E-state index >= 15 is 0 Å². The highest BCUT2D eigenvalue weighted by Crippen LogP contribution is 2.17. The second-order valence-electron chi connectivity index (χ2n) is 4.77. The number of nitrogens with zero attached hydrogens (tertiary/aromatic N) is 4. The number of rotatable bonds is 3. The monoisotopic (exact) mass is 288 g/mol. The van der Waals surface area contributed by atoms with Crippen molar-refractivity contribution >= 4 is 10.9 Å². The number of hydrogen-bond donors (Lipinski definition) is 1. The van der Waals surface area contributed by atoms with Crippen LogP contribution in [-0.4, -0.2) is 24.7 Å². The van der Waals surface area contributed by atoms with Crippen LogP contribution in [0.2, 0.25) is 0 Å². The van der Waals surface area contributed by atoms with Crippen molar-refractivity contribution in [2.45, 2.75) is 12.6 Å². The van der Waals surface area contributed by atoms with Crippen LogP contribution in [0.25, 0.3) is 10.9 Å². The molecule has 1 atom stereocenters. The molecule has 6 nitrogen and oxygen atoms in total. The average Bonchev–Trinajstić information content (AvgIpc) is 2.87. The first-order valence-corrected chi connectivity index (χ1v) is 6.37. The maximum absolute atomic E-state index is 12.9. The van der Waals surface area contributed by atoms with Crippen LogP contribution < -0.4 is 5.56 Å². The summed E-state index contributed by atoms with van der Waals surface area (Å²) in [6.45, 7) is 0.106. The number of aryl methyl sites for hydroxylation is 1. The van der Waals surface area contributed by atoms with E-state index in [2.05, 4.69) is 10.2 Å². The summed E-state index contributed by atoms with van der Waals surface area (Å²) in [5, 5.41) is 18.8. The van der Waals surface area contributed by atoms with Crippen molar-refractivity contribution in [1.29, 1.82) is 0 Å². The van der Waals surface area contributed by atoms with E-state index in [0.29, 0.717) is 16.5 Å². The van der Waals surface area contributed by atoms with Crippen molar-refractivity contribution in [3.63, 3.8) is 0 Å². The van der Waals surface area contributed by atoms with E-state index < -0.39 is 6.10 Å². The maximum Gasteiger partial charge on any atom is 0.292 e. The number of halogens is 1. The summed E-state index contributed by atoms with van der Waals surface area (Å²) < 4.78 is 15.5. The van der Waals surface area contributed by atoms with Crippen LogP contribution in [0.1, 0.15) is 11.7 Å². The Kier molecular flexibility index (Phi) is 3.26. The molecular formula is C14H13FN4O2. The van der Waals surface area contributed by atoms with E-state index in [1.807, 2.05) is 0 Å². The molecule has 0 saturated heterocycles. The molecule has 7 heteroatoms. The lowest BCUT2D eigenvalue weighted by molar-refractivity contribution is 0.153. The minimum Gasteiger partial charge on any atom is -0.386 e. The van der Waals surface area contributed by atoms with Crippen molar-refractivity contribution in [2.24, 2.45) is 7.05 Å². The number of fused-ring (bicyclic) bond motifs is 1. The highest BCUT2D eigenvalue weighted by molar-refractivity contribution is 5.76. The molecule has 2 heterocycles. The number of hydrogen-bond acceptors (Lipinski definition) is 4. The molecule has 0 aliphatic heterocycles. The van der Waals surface area contributed by atoms with Crippen LogP contribution in [0, 0.1) is 5.82 Å². The number of benzene rings is 1. The molecule has 0 fully saturated rings. The zero-order valence-corrected chi connectivity index (χ0v) is 11.3. The fraction of sp³-hybridized carbons (Fsp3) is 0.214. The summed E-state index contributed by atoms with van der Waals surface area (Å²) in [7, 11) is 1.55. The first kappa shape index (κ1) is 13.4. The minimum atomic E-state index is -0.883. The van der Waals surface area contributed by atoms with Crippen LogP contribution in [0.3, 0.4) is 0 Å². The molecule has 2 aromatic heterocycles. The Bertz CT molecular complexity index is 838. The van der Waals surface area contributed by atoms with Gasteiger partial charge in [-0.25, -0.2) is 9.07 Å². The Balaban J connectivity index is 1.96. The van der Waals surface area contributed by atoms with Gasteiger partial charge in [0.05, 0.1) is 25.0 Å². The molecule has 3 aromatic rings. The smallest absolute Gasteiger partial charge is 0.292 e. The Morgan fingerprint density at radius 3 is 2.62 bits per heavy atom. The van der Waals surface area contributed by atoms with Gasteiger partial charge in [0.1, 0.15) is 11.3 Å². The van der Waals surface area contributed by atoms with Crippen LogP contribution in [-0.2, 0) is 13.6 Å². The first-order chi connectivity index (χ1) is 10.1. The van der Waals surface area contributed by atoms with Gasteiger partial charge in [-0.3, -0.25) is 9.48 Å². The molecule has 0 saturated carbocycles. The van der Waals surface area contributed by atoms with Gasteiger partial charge in [0, 0.05) is 12.4 Å². The molecule has 0 bridgehead atoms. The highest BCUT2D eigenvalue weighted by Gasteiger charge is 2.14. The average molecular weight is 288 g/mol. The zero-order valence-electron chi connectivity index (χ0n) is 11.3. The van der Waals surface area contributed by atoms with Gasteiger partial charge in [-0.2, -0.15) is 10.2 Å². The van der Waals surface area contributed by atoms with Gasteiger partial charge in [0.2, 0.25) is 0 Å². The summed E-state index contributed by atoms with van der Waals surface area (Å²) in [5.41, 5.74) is 0.663. The van der Waals surface area contributed by atoms with Crippen molar-refractivity contribution in [1.82, 2.24) is 19.6 Å². The fourth-order valence-electron chi connectivity index (χ4n) is 2.18. The van der Waals surface area contributed by atoms with E-state index in [1.165, 1.54) is 39.8 Å². The third-order valence-corrected chi connectivity index (χ3v) is 3.33. The zero-order chi connectivity index (χ0) is 15.0. The van der Waals surface area contributed by atoms with Crippen molar-refractivity contribution < 1.29 is 9.50 Å². The molecule has 21 heavy (non-hydrogen) atoms. The van der Waals surface area contributed by atoms with E-state index in [0.717, 1.165) is 0 Å². The van der Waals surface area contributed by atoms with E-state index in [4.69, 9.17) is 0 Å². The van der Waals surface area contributed by atoms with Gasteiger partial charge in [-0.05, 0) is 17.7 Å². The topological polar surface area (TPSA) is 72.9 Å². The Morgan fingerprint density at radius 1 is 1.24 bits per heavy atom. The van der Waals surface area contributed by atoms with Gasteiger partial charge in [0.15, 0.2) is 0 Å². The summed E-state index contributed by atoms with van der Waals surface area (Å²) in [6, 6.07) is 5.57. The van der Waals surface area contributed by atoms with Gasteiger partial charge in [-0.1, -0.05) is 12.1 Å². The molecule has 1 aromatic carbocycles. The summed E-state index contributed by atoms with van der Waals surface area (Å²) in [4.78, 5) is 12.1. The molecular weight excluding hydrogens is 275 g/mol. The molecule has 3 rings (SSSR count). The second kappa shape index (κ2) is 5.10. The third kappa shape index (κ3) is 2.43. The predicted molar refractivity (Wildman–Crippen MR) is 74.1 cm³/mol. The molecule has 108 valence electrons. The Hall–Kier alpha value is -2.54. The molecule has 0 aliphatic carbocycles. The van der Waals surface area contributed by atoms with Gasteiger partial charge in [-0.15, -0.1) is 0 Å². The summed E-state index contributed by atoms with van der Waals surface area (Å²) in [5.74, 6) is -0.365. The van der Waals surface area contributed by atoms with Gasteiger partial charge >= 0.3 is 0 Å². The lowest BCUT2D eigenvalue weighted by atomic mass is 10.1. The van der Waals surface area contributed by atoms with Gasteiger partial charge in [0.25, 0.3) is 5.56 Å². The largest absolute Gasteiger partial charge is 0.386 e. The predicted octanol–water partition coefficient (Wildman–Crippen LogP) is 1.00. The van der Waals surface area contributed by atoms with Gasteiger partial charge < -0.3 is 5.11 Å². The van der Waals surface area contributed by atoms with E-state index in [1.54, 1.807) is 13.2 Å². The van der Waals surface area contributed by atoms with Crippen molar-refractivity contribution in [3.8, 4) is 0 Å². The summed E-state index contributed by atoms with van der Waals surface area (Å²) in [6.07, 6.45) is 2.19. The highest BCUT2D eigenvalue weighted by atomic mass is 19.1. The van der Waals surface area contributed by atoms with Crippen LogP contribution in [0.15, 0.2) is 41.5 Å². The molecule has 0 aliphatic rings. The molecule has 0 radical (unpaired) electrons. The SMILES string of the molecule is Cn1ncc2cnn(CC(O)c3ccc(F)cc3)c2c1=O. The lowest BCUT2D eigenvalue weighted by Crippen LogP contribution is -2.22. The number of aliphatic hydroxyl groups is 1. The number of aliphatic hydroxyl groups excluding tert-OH is 1. The fourth-order valence-corrected chi connectivity index (χ4v) is 2.18. The molecule has 0 spiro atoms. The van der Waals surface area contributed by atoms with E-state index in [9.17, 15) is 14.3 Å². The second-order valence-corrected chi connectivity index (χ2v) is 4.77. The first-order valence-electron chi connectivity index (χ1n) is 6.37. The Labute approximate surface area is 119 Å². The normalized spacial score (nSPS) is 12.7. The summed E-state index contributed by atoms with van der Waals surface area (Å²) >= 11 is 0. The molecule has 1 unspecified atom stereocenters. The lowest BCUT2D eigenvalue weighted by Gasteiger charge is -2.11. The quantitative estimate of drug-likeness (QED) is 0.780.